The van der Waals surface area contributed by atoms with Gasteiger partial charge in [-0.15, -0.1) is 0 Å². The van der Waals surface area contributed by atoms with Crippen LogP contribution in [0.1, 0.15) is 179 Å². The topological polar surface area (TPSA) is 466 Å². The third kappa shape index (κ3) is 24.3. The average Bonchev–Trinajstić information content (AvgIpc) is 0.738. The van der Waals surface area contributed by atoms with Gasteiger partial charge in [0.15, 0.2) is 5.78 Å². The van der Waals surface area contributed by atoms with E-state index in [4.69, 9.17) is 18.6 Å². The van der Waals surface area contributed by atoms with Gasteiger partial charge in [-0.3, -0.25) is 43.7 Å². The molecule has 700 valence electrons. The van der Waals surface area contributed by atoms with E-state index < -0.39 is 122 Å². The maximum absolute atomic E-state index is 14.6. The fourth-order valence-corrected chi connectivity index (χ4v) is 17.1. The Labute approximate surface area is 795 Å². The van der Waals surface area contributed by atoms with Crippen molar-refractivity contribution in [2.24, 2.45) is 17.8 Å². The minimum atomic E-state index is -1.58. The molecule has 138 heavy (non-hydrogen) atoms. The molecule has 2 aliphatic rings. The first kappa shape index (κ1) is 97.9. The Morgan fingerprint density at radius 1 is 0.377 bits per heavy atom. The minimum Gasteiger partial charge on any atom is -0.524 e. The molecule has 6 atom stereocenters. The number of nitrogens with one attached hydrogen (secondary N) is 5. The number of carboxylic acids is 2. The van der Waals surface area contributed by atoms with Crippen LogP contribution in [-0.4, -0.2) is 171 Å². The second-order valence-corrected chi connectivity index (χ2v) is 35.0. The summed E-state index contributed by atoms with van der Waals surface area (Å²) in [7, 11) is -4.25. The van der Waals surface area contributed by atoms with E-state index in [2.05, 4.69) is 56.5 Å². The molecule has 0 saturated carbocycles. The molecule has 0 fully saturated rings. The van der Waals surface area contributed by atoms with Gasteiger partial charge in [0.2, 0.25) is 11.8 Å². The van der Waals surface area contributed by atoms with Gasteiger partial charge in [-0.25, -0.2) is 34.1 Å². The van der Waals surface area contributed by atoms with Crippen LogP contribution in [0.3, 0.4) is 0 Å². The van der Waals surface area contributed by atoms with Gasteiger partial charge in [0.1, 0.15) is 63.3 Å². The molecule has 5 heterocycles. The summed E-state index contributed by atoms with van der Waals surface area (Å²) in [6, 6.07) is 60.2. The number of aromatic hydroxyl groups is 2. The van der Waals surface area contributed by atoms with Crippen molar-refractivity contribution in [1.82, 2.24) is 56.5 Å². The summed E-state index contributed by atoms with van der Waals surface area (Å²) in [5.41, 5.74) is 4.20. The molecule has 5 amide bonds. The number of amides is 5. The third-order valence-corrected chi connectivity index (χ3v) is 23.6. The maximum atomic E-state index is 14.6. The normalized spacial score (nSPS) is 13.4. The number of carbonyl (C=O) groups excluding carboxylic acids is 8. The molecule has 0 radical (unpaired) electrons. The summed E-state index contributed by atoms with van der Waals surface area (Å²) in [5.74, 6) is -9.59. The van der Waals surface area contributed by atoms with Gasteiger partial charge in [0.25, 0.3) is 17.7 Å². The number of hydrogen-bond acceptors (Lipinski definition) is 24. The lowest BCUT2D eigenvalue weighted by Crippen LogP contribution is -2.58. The van der Waals surface area contributed by atoms with Crippen LogP contribution in [0.15, 0.2) is 268 Å². The summed E-state index contributed by atoms with van der Waals surface area (Å²) < 4.78 is 26.0. The van der Waals surface area contributed by atoms with Gasteiger partial charge in [-0.2, -0.15) is 0 Å². The van der Waals surface area contributed by atoms with E-state index >= 15 is 0 Å². The molecular formula is C104H100B3N11O20. The molecule has 16 rings (SSSR count). The molecule has 31 nitrogen and oxygen atoms in total. The van der Waals surface area contributed by atoms with Gasteiger partial charge >= 0.3 is 45.2 Å². The summed E-state index contributed by atoms with van der Waals surface area (Å²) in [6.07, 6.45) is 14.2. The van der Waals surface area contributed by atoms with Crippen LogP contribution in [0, 0.1) is 17.8 Å². The molecule has 0 unspecified atom stereocenters. The van der Waals surface area contributed by atoms with Crippen molar-refractivity contribution < 1.29 is 97.0 Å². The van der Waals surface area contributed by atoms with Crippen LogP contribution in [0.5, 0.6) is 23.0 Å². The smallest absolute Gasteiger partial charge is 0.524 e. The first-order valence-corrected chi connectivity index (χ1v) is 45.1. The molecule has 0 spiro atoms. The minimum absolute atomic E-state index is 0.0286. The maximum Gasteiger partial charge on any atom is 0.620 e. The van der Waals surface area contributed by atoms with Crippen LogP contribution in [0.25, 0.3) is 43.1 Å². The van der Waals surface area contributed by atoms with Crippen molar-refractivity contribution in [3.05, 3.63) is 346 Å². The number of aromatic carboxylic acids is 2. The molecule has 0 bridgehead atoms. The molecule has 3 aromatic heterocycles. The van der Waals surface area contributed by atoms with Gasteiger partial charge in [-0.1, -0.05) is 230 Å². The van der Waals surface area contributed by atoms with E-state index in [9.17, 15) is 78.4 Å². The number of carbonyl (C=O) groups is 10. The molecule has 11 N–H and O–H groups in total. The fraction of sp³-hybridized carbons (Fsp3) is 0.231. The highest BCUT2D eigenvalue weighted by Crippen LogP contribution is 2.45. The number of Topliss-reactive ketones (excluding diaryl/α,β-unsaturated/α-hetero) is 1. The summed E-state index contributed by atoms with van der Waals surface area (Å²) in [5, 5.41) is 79.5. The SMILES string of the molecule is CC(C)C[C@H](CC(=O)[C@H](Cc1ccccc1)NC(=O)c1cnccn1)B(O)O.CC(C)C[C@H](NC(=O)[C@H](Cc1ccccc1)NC(=O)c1cnccn1)B1OC(=O)c2cc3ccccc3c(Cc3c4c(cc5ccccc35)C(=O)OB([C@H](CC(C)C)NC(=O)[C@H](Cc3ccccc3)NC(=O)c3cnccn3)O4)c2O1.O=C(O)c1cc2ccccc2c(Cc2c(O)c(C(=O)O)cc3ccccc23)c1O. The van der Waals surface area contributed by atoms with Crippen LogP contribution < -0.4 is 35.9 Å². The number of benzene rings is 11. The lowest BCUT2D eigenvalue weighted by molar-refractivity contribution is -0.124. The van der Waals surface area contributed by atoms with Crippen molar-refractivity contribution in [3.63, 3.8) is 0 Å². The number of carboxylic acid groups (broad SMARTS) is 2. The number of fused-ring (bicyclic) bond motifs is 6. The van der Waals surface area contributed by atoms with E-state index in [-0.39, 0.29) is 106 Å². The monoisotopic (exact) mass is 1860 g/mol. The molecule has 0 saturated heterocycles. The predicted molar refractivity (Wildman–Crippen MR) is 518 cm³/mol. The molecule has 14 aromatic rings. The highest BCUT2D eigenvalue weighted by atomic mass is 16.6. The quantitative estimate of drug-likeness (QED) is 0.0167. The lowest BCUT2D eigenvalue weighted by Gasteiger charge is -2.33. The predicted octanol–water partition coefficient (Wildman–Crippen LogP) is 13.5. The summed E-state index contributed by atoms with van der Waals surface area (Å²) >= 11 is 0. The van der Waals surface area contributed by atoms with Crippen molar-refractivity contribution in [1.29, 1.82) is 0 Å². The summed E-state index contributed by atoms with van der Waals surface area (Å²) in [4.78, 5) is 158. The third-order valence-electron chi connectivity index (χ3n) is 23.6. The van der Waals surface area contributed by atoms with Crippen molar-refractivity contribution in [3.8, 4) is 23.0 Å². The second kappa shape index (κ2) is 45.3. The van der Waals surface area contributed by atoms with E-state index in [1.54, 1.807) is 60.7 Å². The number of hydrogen-bond donors (Lipinski definition) is 11. The van der Waals surface area contributed by atoms with Crippen molar-refractivity contribution in [2.45, 2.75) is 135 Å². The largest absolute Gasteiger partial charge is 0.620 e. The van der Waals surface area contributed by atoms with Crippen LogP contribution in [0.4, 0.5) is 0 Å². The van der Waals surface area contributed by atoms with Crippen LogP contribution >= 0.6 is 0 Å². The van der Waals surface area contributed by atoms with Gasteiger partial charge in [-0.05, 0) is 127 Å². The zero-order valence-corrected chi connectivity index (χ0v) is 76.3. The zero-order chi connectivity index (χ0) is 97.8. The highest BCUT2D eigenvalue weighted by Gasteiger charge is 2.48. The van der Waals surface area contributed by atoms with E-state index in [0.29, 0.717) is 80.3 Å². The molecular weight excluding hydrogens is 1760 g/mol. The second-order valence-electron chi connectivity index (χ2n) is 35.0. The van der Waals surface area contributed by atoms with Crippen LogP contribution in [-0.2, 0) is 55.8 Å². The number of rotatable bonds is 34. The first-order chi connectivity index (χ1) is 66.5. The number of ketones is 1. The zero-order valence-electron chi connectivity index (χ0n) is 76.3. The van der Waals surface area contributed by atoms with Crippen molar-refractivity contribution >= 4 is 124 Å². The average molecular weight is 1860 g/mol. The molecule has 0 aliphatic carbocycles. The first-order valence-electron chi connectivity index (χ1n) is 45.1. The fourth-order valence-electron chi connectivity index (χ4n) is 17.1. The number of nitrogens with zero attached hydrogens (tertiary/aromatic N) is 6. The number of aromatic nitrogens is 6. The molecule has 34 heteroatoms. The van der Waals surface area contributed by atoms with Gasteiger partial charge in [0.05, 0.1) is 47.6 Å². The Bertz CT molecular complexity index is 6470. The highest BCUT2D eigenvalue weighted by molar-refractivity contribution is 6.52. The van der Waals surface area contributed by atoms with Gasteiger partial charge < -0.3 is 75.7 Å². The Hall–Kier alpha value is -16.1. The van der Waals surface area contributed by atoms with Crippen molar-refractivity contribution in [2.75, 3.05) is 0 Å². The Morgan fingerprint density at radius 2 is 0.688 bits per heavy atom. The Kier molecular flexibility index (Phi) is 32.1. The Balaban J connectivity index is 0.000000215. The van der Waals surface area contributed by atoms with E-state index in [0.717, 1.165) is 27.5 Å². The van der Waals surface area contributed by atoms with E-state index in [1.807, 2.05) is 181 Å². The molecule has 11 aromatic carbocycles. The Morgan fingerprint density at radius 3 is 1.01 bits per heavy atom. The summed E-state index contributed by atoms with van der Waals surface area (Å²) in [6.45, 7) is 11.8. The van der Waals surface area contributed by atoms with Crippen LogP contribution in [0.2, 0.25) is 5.82 Å². The molecule has 2 aliphatic heterocycles. The number of phenols is 2. The van der Waals surface area contributed by atoms with E-state index in [1.165, 1.54) is 67.9 Å². The van der Waals surface area contributed by atoms with Gasteiger partial charge in [0, 0.05) is 97.4 Å². The standard InChI is InChI=1S/C61H58B2N8O10.C23H16O6.C20H26BN3O4/c1-36(2)27-52(70-56(72)48(29-38-15-7-5-8-16-38)68-58(74)50-34-64-23-25-66-50)62-78-54-44(42-21-13-11-19-40(42)31-46(54)60(76)80-62)33-45-43-22-14-12-20-41(43)32-47-55(45)79-63(81-61(47)77)53(28-37(3)4)71-57(73)49(30-39-17-9-6-10-18-39)69-59(75)51-35-65-24-26-67-51;24-20-16(14-7-3-1-5-12(14)9-18(20)22(26)27)11-17-15-8-4-2-6-13(15)10-19(21(17)25)23(28)29;1-14(2)10-16(21(27)28)12-19(25)17(11-15-6-4-3-5-7-15)24-20(26)18-13-22-8-9-23-18/h5-26,31-32,34-37,48-49,52-53H,27-30,33H2,1-4H3,(H,68,74)(H,69,75)(H,70,72)(H,71,73);1-10,24-25H,11H2,(H,26,27)(H,28,29);3-9,13-14,16-17,27-28H,10-12H2,1-2H3,(H,24,26)/t48-,49-,52-,53-;;16-,17+/m0.1/s1. The lowest BCUT2D eigenvalue weighted by atomic mass is 9.66.